The van der Waals surface area contributed by atoms with Gasteiger partial charge in [0.25, 0.3) is 0 Å². The number of benzene rings is 1. The molecule has 0 bridgehead atoms. The van der Waals surface area contributed by atoms with Crippen LogP contribution in [-0.4, -0.2) is 12.6 Å². The maximum absolute atomic E-state index is 5.81. The van der Waals surface area contributed by atoms with Gasteiger partial charge >= 0.3 is 0 Å². The van der Waals surface area contributed by atoms with E-state index in [-0.39, 0.29) is 0 Å². The molecule has 0 saturated heterocycles. The summed E-state index contributed by atoms with van der Waals surface area (Å²) >= 11 is 0. The van der Waals surface area contributed by atoms with Crippen LogP contribution in [0.3, 0.4) is 0 Å². The quantitative estimate of drug-likeness (QED) is 0.788. The van der Waals surface area contributed by atoms with Crippen LogP contribution in [0.2, 0.25) is 0 Å². The van der Waals surface area contributed by atoms with E-state index in [4.69, 9.17) is 5.73 Å². The first-order chi connectivity index (χ1) is 7.20. The topological polar surface area (TPSA) is 38.0 Å². The van der Waals surface area contributed by atoms with Crippen molar-refractivity contribution in [1.82, 2.24) is 5.32 Å². The summed E-state index contributed by atoms with van der Waals surface area (Å²) in [6.45, 7) is 4.98. The molecule has 0 aromatic heterocycles. The van der Waals surface area contributed by atoms with Crippen LogP contribution in [-0.2, 0) is 0 Å². The van der Waals surface area contributed by atoms with Gasteiger partial charge in [-0.1, -0.05) is 18.2 Å². The van der Waals surface area contributed by atoms with Crippen LogP contribution in [0.25, 0.3) is 0 Å². The van der Waals surface area contributed by atoms with E-state index in [9.17, 15) is 0 Å². The van der Waals surface area contributed by atoms with Crippen molar-refractivity contribution >= 4 is 0 Å². The van der Waals surface area contributed by atoms with Crippen molar-refractivity contribution in [2.45, 2.75) is 38.8 Å². The molecule has 0 aliphatic heterocycles. The highest BCUT2D eigenvalue weighted by molar-refractivity contribution is 5.32. The molecule has 1 aromatic rings. The third-order valence-corrected chi connectivity index (χ3v) is 3.18. The molecule has 2 heteroatoms. The van der Waals surface area contributed by atoms with Gasteiger partial charge in [0.1, 0.15) is 0 Å². The molecule has 1 aliphatic rings. The molecular formula is C13H20N2. The number of aryl methyl sites for hydroxylation is 2. The average Bonchev–Trinajstić information content (AvgIpc) is 3.02. The first-order valence-electron chi connectivity index (χ1n) is 5.74. The summed E-state index contributed by atoms with van der Waals surface area (Å²) in [6.07, 6.45) is 2.61. The van der Waals surface area contributed by atoms with E-state index in [2.05, 4.69) is 37.4 Å². The van der Waals surface area contributed by atoms with Crippen molar-refractivity contribution in [3.05, 3.63) is 34.9 Å². The fourth-order valence-electron chi connectivity index (χ4n) is 1.82. The van der Waals surface area contributed by atoms with Gasteiger partial charge in [-0.2, -0.15) is 0 Å². The summed E-state index contributed by atoms with van der Waals surface area (Å²) in [5, 5.41) is 3.58. The first-order valence-corrected chi connectivity index (χ1v) is 5.74. The molecular weight excluding hydrogens is 184 g/mol. The Labute approximate surface area is 91.9 Å². The van der Waals surface area contributed by atoms with Crippen molar-refractivity contribution in [1.29, 1.82) is 0 Å². The van der Waals surface area contributed by atoms with Crippen molar-refractivity contribution in [3.8, 4) is 0 Å². The molecule has 0 amide bonds. The summed E-state index contributed by atoms with van der Waals surface area (Å²) in [5.74, 6) is 0. The number of hydrogen-bond acceptors (Lipinski definition) is 2. The van der Waals surface area contributed by atoms with E-state index < -0.39 is 0 Å². The molecule has 82 valence electrons. The lowest BCUT2D eigenvalue weighted by atomic mass is 10.0. The highest BCUT2D eigenvalue weighted by atomic mass is 15.0. The summed E-state index contributed by atoms with van der Waals surface area (Å²) in [6, 6.07) is 7.66. The minimum Gasteiger partial charge on any atom is -0.329 e. The summed E-state index contributed by atoms with van der Waals surface area (Å²) in [7, 11) is 0. The highest BCUT2D eigenvalue weighted by Crippen LogP contribution is 2.24. The van der Waals surface area contributed by atoms with Crippen molar-refractivity contribution in [3.63, 3.8) is 0 Å². The van der Waals surface area contributed by atoms with E-state index in [0.717, 1.165) is 0 Å². The minimum absolute atomic E-state index is 0.330. The molecule has 1 unspecified atom stereocenters. The number of hydrogen-bond donors (Lipinski definition) is 2. The van der Waals surface area contributed by atoms with Crippen LogP contribution in [0, 0.1) is 13.8 Å². The Bertz CT molecular complexity index is 342. The smallest absolute Gasteiger partial charge is 0.0446 e. The third kappa shape index (κ3) is 2.58. The van der Waals surface area contributed by atoms with E-state index in [1.165, 1.54) is 29.5 Å². The second kappa shape index (κ2) is 4.33. The van der Waals surface area contributed by atoms with Crippen LogP contribution in [0.15, 0.2) is 18.2 Å². The van der Waals surface area contributed by atoms with Crippen LogP contribution in [0.4, 0.5) is 0 Å². The predicted molar refractivity (Wildman–Crippen MR) is 63.9 cm³/mol. The van der Waals surface area contributed by atoms with Crippen LogP contribution in [0.5, 0.6) is 0 Å². The van der Waals surface area contributed by atoms with Gasteiger partial charge in [-0.15, -0.1) is 0 Å². The zero-order valence-electron chi connectivity index (χ0n) is 9.59. The van der Waals surface area contributed by atoms with Gasteiger partial charge in [0.15, 0.2) is 0 Å². The van der Waals surface area contributed by atoms with Gasteiger partial charge in [0.05, 0.1) is 0 Å². The Balaban J connectivity index is 2.13. The molecule has 1 saturated carbocycles. The van der Waals surface area contributed by atoms with Gasteiger partial charge < -0.3 is 11.1 Å². The molecule has 0 spiro atoms. The second-order valence-corrected chi connectivity index (χ2v) is 4.57. The highest BCUT2D eigenvalue weighted by Gasteiger charge is 2.24. The largest absolute Gasteiger partial charge is 0.329 e. The number of rotatable bonds is 4. The normalized spacial score (nSPS) is 17.8. The van der Waals surface area contributed by atoms with Gasteiger partial charge in [0.2, 0.25) is 0 Å². The summed E-state index contributed by atoms with van der Waals surface area (Å²) < 4.78 is 0. The molecule has 2 rings (SSSR count). The Morgan fingerprint density at radius 1 is 1.33 bits per heavy atom. The fraction of sp³-hybridized carbons (Fsp3) is 0.538. The summed E-state index contributed by atoms with van der Waals surface area (Å²) in [5.41, 5.74) is 9.83. The van der Waals surface area contributed by atoms with Crippen molar-refractivity contribution in [2.24, 2.45) is 5.73 Å². The molecule has 2 nitrogen and oxygen atoms in total. The molecule has 1 aliphatic carbocycles. The fourth-order valence-corrected chi connectivity index (χ4v) is 1.82. The third-order valence-electron chi connectivity index (χ3n) is 3.18. The van der Waals surface area contributed by atoms with Crippen LogP contribution in [0.1, 0.15) is 35.6 Å². The van der Waals surface area contributed by atoms with E-state index in [1.54, 1.807) is 0 Å². The molecule has 0 heterocycles. The van der Waals surface area contributed by atoms with Crippen LogP contribution >= 0.6 is 0 Å². The summed E-state index contributed by atoms with van der Waals surface area (Å²) in [4.78, 5) is 0. The molecule has 1 aromatic carbocycles. The Hall–Kier alpha value is -0.860. The Morgan fingerprint density at radius 3 is 2.60 bits per heavy atom. The number of nitrogens with one attached hydrogen (secondary N) is 1. The van der Waals surface area contributed by atoms with Gasteiger partial charge in [-0.3, -0.25) is 0 Å². The molecule has 1 atom stereocenters. The predicted octanol–water partition coefficient (Wildman–Crippen LogP) is 2.06. The van der Waals surface area contributed by atoms with Gasteiger partial charge in [-0.05, 0) is 43.4 Å². The second-order valence-electron chi connectivity index (χ2n) is 4.57. The molecule has 3 N–H and O–H groups in total. The molecule has 0 radical (unpaired) electrons. The minimum atomic E-state index is 0.330. The standard InChI is InChI=1S/C13H20N2/c1-9-3-4-11(7-10(9)2)13(8-14)15-12-5-6-12/h3-4,7,12-13,15H,5-6,8,14H2,1-2H3. The SMILES string of the molecule is Cc1ccc(C(CN)NC2CC2)cc1C. The van der Waals surface area contributed by atoms with Crippen LogP contribution < -0.4 is 11.1 Å². The van der Waals surface area contributed by atoms with E-state index in [0.29, 0.717) is 18.6 Å². The lowest BCUT2D eigenvalue weighted by molar-refractivity contribution is 0.538. The molecule has 15 heavy (non-hydrogen) atoms. The lowest BCUT2D eigenvalue weighted by Gasteiger charge is -2.18. The number of nitrogens with two attached hydrogens (primary N) is 1. The maximum atomic E-state index is 5.81. The lowest BCUT2D eigenvalue weighted by Crippen LogP contribution is -2.29. The van der Waals surface area contributed by atoms with E-state index >= 15 is 0 Å². The molecule has 1 fully saturated rings. The zero-order chi connectivity index (χ0) is 10.8. The average molecular weight is 204 g/mol. The Kier molecular flexibility index (Phi) is 3.08. The zero-order valence-corrected chi connectivity index (χ0v) is 9.59. The Morgan fingerprint density at radius 2 is 2.07 bits per heavy atom. The maximum Gasteiger partial charge on any atom is 0.0446 e. The van der Waals surface area contributed by atoms with E-state index in [1.807, 2.05) is 0 Å². The first kappa shape index (κ1) is 10.7. The monoisotopic (exact) mass is 204 g/mol. The van der Waals surface area contributed by atoms with Crippen molar-refractivity contribution < 1.29 is 0 Å². The van der Waals surface area contributed by atoms with Gasteiger partial charge in [0, 0.05) is 18.6 Å². The van der Waals surface area contributed by atoms with Crippen molar-refractivity contribution in [2.75, 3.05) is 6.54 Å². The van der Waals surface area contributed by atoms with Gasteiger partial charge in [-0.25, -0.2) is 0 Å².